The van der Waals surface area contributed by atoms with Crippen LogP contribution in [0.5, 0.6) is 5.88 Å². The van der Waals surface area contributed by atoms with Gasteiger partial charge in [-0.2, -0.15) is 5.10 Å². The topological polar surface area (TPSA) is 86.9 Å². The third kappa shape index (κ3) is 4.05. The van der Waals surface area contributed by atoms with E-state index in [1.54, 1.807) is 24.0 Å². The smallest absolute Gasteiger partial charge is 0.290 e. The van der Waals surface area contributed by atoms with Gasteiger partial charge in [0.15, 0.2) is 0 Å². The highest BCUT2D eigenvalue weighted by Crippen LogP contribution is 2.46. The average Bonchev–Trinajstić information content (AvgIpc) is 3.34. The molecule has 28 heavy (non-hydrogen) atoms. The first-order valence-corrected chi connectivity index (χ1v) is 9.34. The van der Waals surface area contributed by atoms with Crippen molar-refractivity contribution in [3.63, 3.8) is 0 Å². The molecule has 1 aliphatic rings. The van der Waals surface area contributed by atoms with Crippen LogP contribution < -0.4 is 15.6 Å². The van der Waals surface area contributed by atoms with Gasteiger partial charge in [0.05, 0.1) is 12.8 Å². The molecule has 0 radical (unpaired) electrons. The van der Waals surface area contributed by atoms with Crippen molar-refractivity contribution in [2.45, 2.75) is 25.8 Å². The van der Waals surface area contributed by atoms with Crippen molar-refractivity contribution in [2.24, 2.45) is 20.0 Å². The molecule has 1 aliphatic carbocycles. The second-order valence-electron chi connectivity index (χ2n) is 7.37. The Hall–Kier alpha value is -3.16. The predicted molar refractivity (Wildman–Crippen MR) is 105 cm³/mol. The average molecular weight is 380 g/mol. The fraction of sp³-hybridized carbons (Fsp3) is 0.400. The van der Waals surface area contributed by atoms with Gasteiger partial charge >= 0.3 is 0 Å². The molecule has 1 fully saturated rings. The van der Waals surface area contributed by atoms with Crippen LogP contribution in [0.3, 0.4) is 0 Å². The van der Waals surface area contributed by atoms with Crippen molar-refractivity contribution >= 4 is 5.69 Å². The molecule has 3 aromatic rings. The van der Waals surface area contributed by atoms with E-state index >= 15 is 0 Å². The summed E-state index contributed by atoms with van der Waals surface area (Å²) in [6, 6.07) is 5.85. The van der Waals surface area contributed by atoms with Gasteiger partial charge in [0.25, 0.3) is 5.56 Å². The van der Waals surface area contributed by atoms with Crippen LogP contribution in [-0.2, 0) is 20.6 Å². The number of anilines is 1. The van der Waals surface area contributed by atoms with Gasteiger partial charge in [-0.3, -0.25) is 14.5 Å². The van der Waals surface area contributed by atoms with E-state index < -0.39 is 0 Å². The van der Waals surface area contributed by atoms with E-state index in [1.165, 1.54) is 4.68 Å². The first-order valence-electron chi connectivity index (χ1n) is 9.34. The summed E-state index contributed by atoms with van der Waals surface area (Å²) in [4.78, 5) is 16.8. The van der Waals surface area contributed by atoms with Gasteiger partial charge in [-0.05, 0) is 25.0 Å². The molecule has 1 saturated carbocycles. The molecular weight excluding hydrogens is 356 g/mol. The Morgan fingerprint density at radius 1 is 1.29 bits per heavy atom. The number of rotatable bonds is 7. The van der Waals surface area contributed by atoms with E-state index in [9.17, 15) is 4.79 Å². The predicted octanol–water partition coefficient (Wildman–Crippen LogP) is 2.01. The van der Waals surface area contributed by atoms with Crippen LogP contribution in [0.4, 0.5) is 5.69 Å². The normalized spacial score (nSPS) is 18.1. The third-order valence-electron chi connectivity index (χ3n) is 4.96. The summed E-state index contributed by atoms with van der Waals surface area (Å²) in [7, 11) is 3.48. The molecule has 0 amide bonds. The SMILES string of the molecule is Cc1ccc([C@@H]2CC2COc2cc(NCc3cnn(C)c3)c(=O)n(C)n2)nc1. The van der Waals surface area contributed by atoms with Crippen LogP contribution in [-0.4, -0.2) is 31.2 Å². The zero-order chi connectivity index (χ0) is 19.7. The Balaban J connectivity index is 1.37. The summed E-state index contributed by atoms with van der Waals surface area (Å²) >= 11 is 0. The van der Waals surface area contributed by atoms with Gasteiger partial charge in [-0.15, -0.1) is 5.10 Å². The molecule has 0 aromatic carbocycles. The number of hydrogen-bond acceptors (Lipinski definition) is 6. The number of aromatic nitrogens is 5. The lowest BCUT2D eigenvalue weighted by Gasteiger charge is -2.10. The number of hydrogen-bond donors (Lipinski definition) is 1. The lowest BCUT2D eigenvalue weighted by atomic mass is 10.2. The second-order valence-corrected chi connectivity index (χ2v) is 7.37. The summed E-state index contributed by atoms with van der Waals surface area (Å²) in [6.07, 6.45) is 6.64. The van der Waals surface area contributed by atoms with E-state index in [2.05, 4.69) is 32.6 Å². The van der Waals surface area contributed by atoms with E-state index in [-0.39, 0.29) is 5.56 Å². The van der Waals surface area contributed by atoms with Crippen molar-refractivity contribution < 1.29 is 4.74 Å². The Kier molecular flexibility index (Phi) is 4.85. The van der Waals surface area contributed by atoms with Crippen molar-refractivity contribution in [1.82, 2.24) is 24.5 Å². The van der Waals surface area contributed by atoms with E-state index in [1.807, 2.05) is 26.4 Å². The summed E-state index contributed by atoms with van der Waals surface area (Å²) in [5.41, 5.74) is 3.55. The molecule has 146 valence electrons. The number of nitrogens with one attached hydrogen (secondary N) is 1. The lowest BCUT2D eigenvalue weighted by Crippen LogP contribution is -2.24. The minimum atomic E-state index is -0.190. The van der Waals surface area contributed by atoms with Crippen molar-refractivity contribution in [2.75, 3.05) is 11.9 Å². The van der Waals surface area contributed by atoms with Gasteiger partial charge < -0.3 is 10.1 Å². The molecule has 4 rings (SSSR count). The zero-order valence-electron chi connectivity index (χ0n) is 16.3. The molecule has 1 unspecified atom stereocenters. The van der Waals surface area contributed by atoms with Gasteiger partial charge in [-0.25, -0.2) is 4.68 Å². The monoisotopic (exact) mass is 380 g/mol. The molecule has 2 atom stereocenters. The molecule has 8 nitrogen and oxygen atoms in total. The van der Waals surface area contributed by atoms with E-state index in [0.717, 1.165) is 23.2 Å². The quantitative estimate of drug-likeness (QED) is 0.675. The second kappa shape index (κ2) is 7.46. The minimum Gasteiger partial charge on any atom is -0.476 e. The summed E-state index contributed by atoms with van der Waals surface area (Å²) in [6.45, 7) is 3.11. The molecular formula is C20H24N6O2. The highest BCUT2D eigenvalue weighted by Gasteiger charge is 2.40. The molecule has 3 heterocycles. The number of pyridine rings is 1. The van der Waals surface area contributed by atoms with Gasteiger partial charge in [-0.1, -0.05) is 6.07 Å². The van der Waals surface area contributed by atoms with Crippen LogP contribution in [0, 0.1) is 12.8 Å². The van der Waals surface area contributed by atoms with Crippen LogP contribution in [0.1, 0.15) is 29.2 Å². The lowest BCUT2D eigenvalue weighted by molar-refractivity contribution is 0.278. The fourth-order valence-corrected chi connectivity index (χ4v) is 3.22. The van der Waals surface area contributed by atoms with Crippen molar-refractivity contribution in [1.29, 1.82) is 0 Å². The van der Waals surface area contributed by atoms with Gasteiger partial charge in [0, 0.05) is 62.2 Å². The first kappa shape index (κ1) is 18.2. The highest BCUT2D eigenvalue weighted by molar-refractivity contribution is 5.43. The number of ether oxygens (including phenoxy) is 1. The first-order chi connectivity index (χ1) is 13.5. The third-order valence-corrected chi connectivity index (χ3v) is 4.96. The van der Waals surface area contributed by atoms with Crippen molar-refractivity contribution in [3.8, 4) is 5.88 Å². The molecule has 0 saturated heterocycles. The largest absolute Gasteiger partial charge is 0.476 e. The fourth-order valence-electron chi connectivity index (χ4n) is 3.22. The molecule has 0 bridgehead atoms. The van der Waals surface area contributed by atoms with Crippen LogP contribution in [0.2, 0.25) is 0 Å². The molecule has 3 aromatic heterocycles. The zero-order valence-corrected chi connectivity index (χ0v) is 16.3. The summed E-state index contributed by atoms with van der Waals surface area (Å²) in [5.74, 6) is 1.32. The van der Waals surface area contributed by atoms with E-state index in [0.29, 0.717) is 36.6 Å². The van der Waals surface area contributed by atoms with Gasteiger partial charge in [0.2, 0.25) is 5.88 Å². The van der Waals surface area contributed by atoms with Crippen molar-refractivity contribution in [3.05, 3.63) is 64.0 Å². The Morgan fingerprint density at radius 2 is 2.14 bits per heavy atom. The number of nitrogens with zero attached hydrogens (tertiary/aromatic N) is 5. The Labute approximate surface area is 163 Å². The Bertz CT molecular complexity index is 1020. The maximum absolute atomic E-state index is 12.3. The molecule has 8 heteroatoms. The molecule has 0 spiro atoms. The van der Waals surface area contributed by atoms with Crippen LogP contribution >= 0.6 is 0 Å². The molecule has 1 N–H and O–H groups in total. The highest BCUT2D eigenvalue weighted by atomic mass is 16.5. The number of aryl methyl sites for hydroxylation is 3. The Morgan fingerprint density at radius 3 is 2.86 bits per heavy atom. The van der Waals surface area contributed by atoms with Crippen LogP contribution in [0.15, 0.2) is 41.6 Å². The maximum atomic E-state index is 12.3. The maximum Gasteiger partial charge on any atom is 0.290 e. The van der Waals surface area contributed by atoms with Gasteiger partial charge in [0.1, 0.15) is 5.69 Å². The standard InChI is InChI=1S/C20H24N6O2/c1-13-4-5-17(21-8-13)16-6-15(16)12-28-19-7-18(20(27)26(3)24-19)22-9-14-10-23-25(2)11-14/h4-5,7-8,10-11,15-16,22H,6,9,12H2,1-3H3/t15?,16-/m1/s1. The summed E-state index contributed by atoms with van der Waals surface area (Å²) in [5, 5.41) is 11.5. The molecule has 0 aliphatic heterocycles. The van der Waals surface area contributed by atoms with Crippen LogP contribution in [0.25, 0.3) is 0 Å². The minimum absolute atomic E-state index is 0.190. The summed E-state index contributed by atoms with van der Waals surface area (Å²) < 4.78 is 8.91. The van der Waals surface area contributed by atoms with E-state index in [4.69, 9.17) is 4.74 Å².